The van der Waals surface area contributed by atoms with Gasteiger partial charge in [0, 0.05) is 6.42 Å². The van der Waals surface area contributed by atoms with Crippen LogP contribution in [-0.2, 0) is 16.0 Å². The molecule has 0 aliphatic heterocycles. The SMILES string of the molecule is CC=O.COc1cc(C)cc(C)c1CCC=O. The number of aldehydes is 2. The molecule has 0 heterocycles. The fourth-order valence-corrected chi connectivity index (χ4v) is 1.66. The van der Waals surface area contributed by atoms with Gasteiger partial charge < -0.3 is 14.3 Å². The summed E-state index contributed by atoms with van der Waals surface area (Å²) in [5.74, 6) is 0.893. The van der Waals surface area contributed by atoms with E-state index in [1.165, 1.54) is 18.1 Å². The summed E-state index contributed by atoms with van der Waals surface area (Å²) in [5, 5.41) is 0. The summed E-state index contributed by atoms with van der Waals surface area (Å²) >= 11 is 0. The highest BCUT2D eigenvalue weighted by Crippen LogP contribution is 2.25. The summed E-state index contributed by atoms with van der Waals surface area (Å²) in [7, 11) is 1.67. The molecule has 0 aromatic heterocycles. The molecule has 0 fully saturated rings. The third kappa shape index (κ3) is 5.29. The van der Waals surface area contributed by atoms with Gasteiger partial charge in [0.05, 0.1) is 7.11 Å². The minimum absolute atomic E-state index is 0.556. The van der Waals surface area contributed by atoms with Crippen LogP contribution in [0.2, 0.25) is 0 Å². The van der Waals surface area contributed by atoms with Crippen LogP contribution in [0.15, 0.2) is 12.1 Å². The first kappa shape index (κ1) is 15.4. The van der Waals surface area contributed by atoms with E-state index in [4.69, 9.17) is 9.53 Å². The van der Waals surface area contributed by atoms with Crippen molar-refractivity contribution >= 4 is 12.6 Å². The van der Waals surface area contributed by atoms with Crippen molar-refractivity contribution in [3.8, 4) is 5.75 Å². The van der Waals surface area contributed by atoms with E-state index in [-0.39, 0.29) is 0 Å². The molecular weight excluding hydrogens is 216 g/mol. The molecule has 0 bridgehead atoms. The number of rotatable bonds is 4. The van der Waals surface area contributed by atoms with Crippen LogP contribution in [0.25, 0.3) is 0 Å². The lowest BCUT2D eigenvalue weighted by Crippen LogP contribution is -1.97. The number of carbonyl (C=O) groups is 2. The number of hydrogen-bond donors (Lipinski definition) is 0. The standard InChI is InChI=1S/C12H16O2.C2H4O/c1-9-7-10(2)11(5-4-6-13)12(8-9)14-3;1-2-3/h6-8H,4-5H2,1-3H3;2H,1H3. The van der Waals surface area contributed by atoms with Crippen LogP contribution < -0.4 is 4.74 Å². The molecule has 0 unspecified atom stereocenters. The lowest BCUT2D eigenvalue weighted by Gasteiger charge is -2.11. The monoisotopic (exact) mass is 236 g/mol. The van der Waals surface area contributed by atoms with Gasteiger partial charge >= 0.3 is 0 Å². The van der Waals surface area contributed by atoms with Gasteiger partial charge in [0.1, 0.15) is 18.3 Å². The van der Waals surface area contributed by atoms with E-state index in [9.17, 15) is 4.79 Å². The molecule has 0 spiro atoms. The second-order valence-electron chi connectivity index (χ2n) is 3.70. The van der Waals surface area contributed by atoms with Gasteiger partial charge in [0.2, 0.25) is 0 Å². The zero-order chi connectivity index (χ0) is 13.3. The summed E-state index contributed by atoms with van der Waals surface area (Å²) in [6.45, 7) is 5.54. The first-order valence-corrected chi connectivity index (χ1v) is 5.58. The van der Waals surface area contributed by atoms with Crippen molar-refractivity contribution in [2.45, 2.75) is 33.6 Å². The average Bonchev–Trinajstić information content (AvgIpc) is 2.28. The molecule has 1 aromatic rings. The molecule has 0 atom stereocenters. The smallest absolute Gasteiger partial charge is 0.122 e. The van der Waals surface area contributed by atoms with Gasteiger partial charge in [0.15, 0.2) is 0 Å². The summed E-state index contributed by atoms with van der Waals surface area (Å²) in [6.07, 6.45) is 3.01. The van der Waals surface area contributed by atoms with Crippen molar-refractivity contribution < 1.29 is 14.3 Å². The number of hydrogen-bond acceptors (Lipinski definition) is 3. The van der Waals surface area contributed by atoms with E-state index in [1.54, 1.807) is 7.11 Å². The molecule has 1 rings (SSSR count). The summed E-state index contributed by atoms with van der Waals surface area (Å²) in [4.78, 5) is 19.1. The topological polar surface area (TPSA) is 43.4 Å². The van der Waals surface area contributed by atoms with Crippen LogP contribution in [0.1, 0.15) is 30.0 Å². The Morgan fingerprint density at radius 1 is 1.24 bits per heavy atom. The Morgan fingerprint density at radius 2 is 1.82 bits per heavy atom. The molecule has 0 saturated heterocycles. The molecule has 94 valence electrons. The molecule has 0 N–H and O–H groups in total. The summed E-state index contributed by atoms with van der Waals surface area (Å²) in [6, 6.07) is 4.12. The molecule has 0 saturated carbocycles. The predicted molar refractivity (Wildman–Crippen MR) is 68.6 cm³/mol. The summed E-state index contributed by atoms with van der Waals surface area (Å²) in [5.41, 5.74) is 3.53. The molecule has 0 radical (unpaired) electrons. The molecule has 3 nitrogen and oxygen atoms in total. The molecule has 0 amide bonds. The maximum atomic E-state index is 10.3. The average molecular weight is 236 g/mol. The van der Waals surface area contributed by atoms with Crippen LogP contribution in [-0.4, -0.2) is 19.7 Å². The number of aryl methyl sites for hydroxylation is 2. The molecule has 3 heteroatoms. The second kappa shape index (κ2) is 8.50. The Morgan fingerprint density at radius 3 is 2.29 bits per heavy atom. The van der Waals surface area contributed by atoms with Crippen molar-refractivity contribution in [2.75, 3.05) is 7.11 Å². The number of carbonyl (C=O) groups excluding carboxylic acids is 2. The van der Waals surface area contributed by atoms with Crippen molar-refractivity contribution in [3.05, 3.63) is 28.8 Å². The number of methoxy groups -OCH3 is 1. The third-order valence-corrected chi connectivity index (χ3v) is 2.31. The first-order chi connectivity index (χ1) is 8.10. The van der Waals surface area contributed by atoms with Crippen molar-refractivity contribution in [1.29, 1.82) is 0 Å². The van der Waals surface area contributed by atoms with Gasteiger partial charge in [0.25, 0.3) is 0 Å². The van der Waals surface area contributed by atoms with Crippen LogP contribution >= 0.6 is 0 Å². The Hall–Kier alpha value is -1.64. The third-order valence-electron chi connectivity index (χ3n) is 2.31. The molecular formula is C14H20O3. The Labute approximate surface area is 103 Å². The van der Waals surface area contributed by atoms with Crippen LogP contribution in [0.5, 0.6) is 5.75 Å². The van der Waals surface area contributed by atoms with E-state index in [2.05, 4.69) is 13.0 Å². The maximum Gasteiger partial charge on any atom is 0.122 e. The fourth-order valence-electron chi connectivity index (χ4n) is 1.66. The van der Waals surface area contributed by atoms with Crippen LogP contribution in [0.4, 0.5) is 0 Å². The van der Waals surface area contributed by atoms with Crippen molar-refractivity contribution in [1.82, 2.24) is 0 Å². The zero-order valence-electron chi connectivity index (χ0n) is 10.9. The van der Waals surface area contributed by atoms with E-state index >= 15 is 0 Å². The van der Waals surface area contributed by atoms with Crippen LogP contribution in [0, 0.1) is 13.8 Å². The minimum atomic E-state index is 0.556. The van der Waals surface area contributed by atoms with E-state index in [1.807, 2.05) is 13.0 Å². The van der Waals surface area contributed by atoms with Crippen molar-refractivity contribution in [3.63, 3.8) is 0 Å². The van der Waals surface area contributed by atoms with E-state index < -0.39 is 0 Å². The highest BCUT2D eigenvalue weighted by Gasteiger charge is 2.06. The minimum Gasteiger partial charge on any atom is -0.496 e. The highest BCUT2D eigenvalue weighted by atomic mass is 16.5. The molecule has 0 aliphatic rings. The van der Waals surface area contributed by atoms with Gasteiger partial charge in [-0.1, -0.05) is 6.07 Å². The Balaban J connectivity index is 0.000000770. The van der Waals surface area contributed by atoms with Gasteiger partial charge in [-0.25, -0.2) is 0 Å². The second-order valence-corrected chi connectivity index (χ2v) is 3.70. The zero-order valence-corrected chi connectivity index (χ0v) is 10.9. The molecule has 1 aromatic carbocycles. The fraction of sp³-hybridized carbons (Fsp3) is 0.429. The molecule has 0 aliphatic carbocycles. The van der Waals surface area contributed by atoms with Gasteiger partial charge in [-0.05, 0) is 49.9 Å². The van der Waals surface area contributed by atoms with E-state index in [0.29, 0.717) is 6.42 Å². The predicted octanol–water partition coefficient (Wildman–Crippen LogP) is 2.65. The maximum absolute atomic E-state index is 10.3. The van der Waals surface area contributed by atoms with E-state index in [0.717, 1.165) is 30.3 Å². The highest BCUT2D eigenvalue weighted by molar-refractivity contribution is 5.52. The Kier molecular flexibility index (Phi) is 7.68. The largest absolute Gasteiger partial charge is 0.496 e. The number of ether oxygens (including phenoxy) is 1. The first-order valence-electron chi connectivity index (χ1n) is 5.58. The van der Waals surface area contributed by atoms with Gasteiger partial charge in [-0.2, -0.15) is 0 Å². The lowest BCUT2D eigenvalue weighted by atomic mass is 10.0. The molecule has 17 heavy (non-hydrogen) atoms. The lowest BCUT2D eigenvalue weighted by molar-refractivity contribution is -0.108. The van der Waals surface area contributed by atoms with Gasteiger partial charge in [-0.15, -0.1) is 0 Å². The van der Waals surface area contributed by atoms with Crippen molar-refractivity contribution in [2.24, 2.45) is 0 Å². The quantitative estimate of drug-likeness (QED) is 0.755. The normalized spacial score (nSPS) is 8.94. The Bertz CT molecular complexity index is 370. The summed E-state index contributed by atoms with van der Waals surface area (Å²) < 4.78 is 5.29. The van der Waals surface area contributed by atoms with Gasteiger partial charge in [-0.3, -0.25) is 0 Å². The number of benzene rings is 1. The van der Waals surface area contributed by atoms with Crippen LogP contribution in [0.3, 0.4) is 0 Å².